The van der Waals surface area contributed by atoms with Crippen molar-refractivity contribution in [3.8, 4) is 17.3 Å². The lowest BCUT2D eigenvalue weighted by molar-refractivity contribution is 0.423. The molecule has 0 amide bonds. The van der Waals surface area contributed by atoms with E-state index in [1.165, 1.54) is 6.07 Å². The fraction of sp³-hybridized carbons (Fsp3) is 0.0870. The molecule has 2 N–H and O–H groups in total. The molecule has 0 saturated heterocycles. The van der Waals surface area contributed by atoms with Crippen molar-refractivity contribution in [1.82, 2.24) is 14.8 Å². The van der Waals surface area contributed by atoms with Gasteiger partial charge in [0.15, 0.2) is 12.0 Å². The van der Waals surface area contributed by atoms with Crippen LogP contribution in [0.25, 0.3) is 22.2 Å². The Balaban J connectivity index is 1.75. The molecule has 0 aliphatic carbocycles. The fourth-order valence-electron chi connectivity index (χ4n) is 3.28. The van der Waals surface area contributed by atoms with Crippen LogP contribution in [0.2, 0.25) is 0 Å². The summed E-state index contributed by atoms with van der Waals surface area (Å²) in [5.74, 6) is -0.454. The quantitative estimate of drug-likeness (QED) is 0.399. The van der Waals surface area contributed by atoms with Crippen LogP contribution in [0.3, 0.4) is 0 Å². The summed E-state index contributed by atoms with van der Waals surface area (Å²) in [7, 11) is 0. The minimum atomic E-state index is -1.77. The maximum atomic E-state index is 15.4. The molecule has 6 nitrogen and oxygen atoms in total. The van der Waals surface area contributed by atoms with Crippen molar-refractivity contribution < 1.29 is 4.39 Å². The van der Waals surface area contributed by atoms with Gasteiger partial charge in [0.05, 0.1) is 22.8 Å². The summed E-state index contributed by atoms with van der Waals surface area (Å²) < 4.78 is 16.4. The lowest BCUT2D eigenvalue weighted by atomic mass is 10.0. The van der Waals surface area contributed by atoms with Crippen LogP contribution in [0.4, 0.5) is 4.39 Å². The molecular formula is C23H17FN6. The van der Waals surface area contributed by atoms with Crippen LogP contribution in [0.5, 0.6) is 0 Å². The molecule has 4 rings (SSSR count). The van der Waals surface area contributed by atoms with E-state index >= 15 is 4.39 Å². The molecule has 2 aromatic heterocycles. The molecule has 2 heterocycles. The van der Waals surface area contributed by atoms with E-state index in [0.717, 1.165) is 15.6 Å². The second kappa shape index (κ2) is 7.68. The van der Waals surface area contributed by atoms with Crippen molar-refractivity contribution >= 4 is 16.7 Å². The molecule has 0 bridgehead atoms. The third-order valence-corrected chi connectivity index (χ3v) is 4.85. The minimum absolute atomic E-state index is 0.108. The van der Waals surface area contributed by atoms with Crippen LogP contribution in [0.1, 0.15) is 22.9 Å². The summed E-state index contributed by atoms with van der Waals surface area (Å²) in [4.78, 5) is 4.27. The zero-order chi connectivity index (χ0) is 21.3. The number of rotatable bonds is 3. The van der Waals surface area contributed by atoms with Gasteiger partial charge in [0.2, 0.25) is 0 Å². The van der Waals surface area contributed by atoms with E-state index in [1.807, 2.05) is 6.07 Å². The predicted molar refractivity (Wildman–Crippen MR) is 112 cm³/mol. The Labute approximate surface area is 171 Å². The van der Waals surface area contributed by atoms with E-state index in [-0.39, 0.29) is 5.49 Å². The first-order valence-electron chi connectivity index (χ1n) is 9.21. The van der Waals surface area contributed by atoms with Crippen molar-refractivity contribution in [2.75, 3.05) is 0 Å². The number of hydrogen-bond donors (Lipinski definition) is 2. The smallest absolute Gasteiger partial charge is 0.184 e. The zero-order valence-corrected chi connectivity index (χ0v) is 16.1. The highest BCUT2D eigenvalue weighted by Crippen LogP contribution is 2.27. The number of fused-ring (bicyclic) bond motifs is 1. The van der Waals surface area contributed by atoms with Crippen LogP contribution in [-0.4, -0.2) is 20.6 Å². The van der Waals surface area contributed by atoms with Gasteiger partial charge in [-0.05, 0) is 60.5 Å². The molecule has 0 spiro atoms. The molecule has 7 heteroatoms. The summed E-state index contributed by atoms with van der Waals surface area (Å²) in [6, 6.07) is 19.1. The van der Waals surface area contributed by atoms with Crippen LogP contribution < -0.4 is 5.49 Å². The normalized spacial score (nSPS) is 11.8. The van der Waals surface area contributed by atoms with Crippen LogP contribution in [0, 0.1) is 29.1 Å². The Bertz CT molecular complexity index is 1380. The fourth-order valence-corrected chi connectivity index (χ4v) is 3.28. The molecule has 0 fully saturated rings. The Morgan fingerprint density at radius 2 is 1.97 bits per heavy atom. The third kappa shape index (κ3) is 3.47. The highest BCUT2D eigenvalue weighted by Gasteiger charge is 2.22. The lowest BCUT2D eigenvalue weighted by Crippen LogP contribution is -2.32. The topological polar surface area (TPSA) is 102 Å². The minimum Gasteiger partial charge on any atom is -0.284 e. The largest absolute Gasteiger partial charge is 0.284 e. The van der Waals surface area contributed by atoms with Gasteiger partial charge in [-0.2, -0.15) is 15.0 Å². The Morgan fingerprint density at radius 3 is 2.77 bits per heavy atom. The molecule has 4 aromatic rings. The van der Waals surface area contributed by atoms with Crippen molar-refractivity contribution in [3.63, 3.8) is 0 Å². The van der Waals surface area contributed by atoms with E-state index in [9.17, 15) is 0 Å². The van der Waals surface area contributed by atoms with Gasteiger partial charge < -0.3 is 0 Å². The van der Waals surface area contributed by atoms with Crippen LogP contribution in [0.15, 0.2) is 66.9 Å². The van der Waals surface area contributed by atoms with Gasteiger partial charge in [0.25, 0.3) is 0 Å². The van der Waals surface area contributed by atoms with Gasteiger partial charge in [-0.3, -0.25) is 15.8 Å². The number of pyridine rings is 1. The van der Waals surface area contributed by atoms with Crippen molar-refractivity contribution in [2.24, 2.45) is 0 Å². The molecule has 0 saturated carbocycles. The zero-order valence-electron chi connectivity index (χ0n) is 16.1. The maximum absolute atomic E-state index is 15.4. The van der Waals surface area contributed by atoms with Crippen molar-refractivity contribution in [2.45, 2.75) is 13.1 Å². The van der Waals surface area contributed by atoms with Crippen molar-refractivity contribution in [3.05, 3.63) is 89.0 Å². The van der Waals surface area contributed by atoms with Gasteiger partial charge in [-0.15, -0.1) is 0 Å². The summed E-state index contributed by atoms with van der Waals surface area (Å²) in [6.45, 7) is 1.77. The number of nitriles is 1. The number of nitrogens with one attached hydrogen (secondary N) is 2. The summed E-state index contributed by atoms with van der Waals surface area (Å²) in [5, 5.41) is 30.7. The van der Waals surface area contributed by atoms with Gasteiger partial charge in [0.1, 0.15) is 5.49 Å². The van der Waals surface area contributed by atoms with E-state index < -0.39 is 12.0 Å². The molecule has 146 valence electrons. The Kier molecular flexibility index (Phi) is 4.90. The second-order valence-corrected chi connectivity index (χ2v) is 6.86. The number of halogens is 1. The molecule has 0 aliphatic heterocycles. The number of aromatic nitrogens is 3. The number of benzene rings is 2. The molecule has 1 unspecified atom stereocenters. The van der Waals surface area contributed by atoms with E-state index in [2.05, 4.69) is 16.2 Å². The molecule has 0 aliphatic rings. The maximum Gasteiger partial charge on any atom is 0.184 e. The molecule has 2 aromatic carbocycles. The van der Waals surface area contributed by atoms with E-state index in [1.54, 1.807) is 61.7 Å². The first kappa shape index (κ1) is 19.2. The Hall–Kier alpha value is -4.18. The SMILES string of the molecule is Cc1cc2ncccc2cc1C(F)C(=N)n1nc(-c2cccc(C#N)c2)ccc1=N. The average Bonchev–Trinajstić information content (AvgIpc) is 2.78. The second-order valence-electron chi connectivity index (χ2n) is 6.86. The Morgan fingerprint density at radius 1 is 1.13 bits per heavy atom. The molecule has 30 heavy (non-hydrogen) atoms. The first-order chi connectivity index (χ1) is 14.5. The van der Waals surface area contributed by atoms with Gasteiger partial charge >= 0.3 is 0 Å². The molecular weight excluding hydrogens is 379 g/mol. The van der Waals surface area contributed by atoms with Crippen molar-refractivity contribution in [1.29, 1.82) is 16.1 Å². The van der Waals surface area contributed by atoms with Gasteiger partial charge in [-0.1, -0.05) is 18.2 Å². The number of aryl methyl sites for hydroxylation is 1. The lowest BCUT2D eigenvalue weighted by Gasteiger charge is -2.16. The average molecular weight is 396 g/mol. The first-order valence-corrected chi connectivity index (χ1v) is 9.21. The number of nitrogens with zero attached hydrogens (tertiary/aromatic N) is 4. The monoisotopic (exact) mass is 396 g/mol. The predicted octanol–water partition coefficient (Wildman–Crippen LogP) is 4.29. The third-order valence-electron chi connectivity index (χ3n) is 4.85. The molecule has 1 atom stereocenters. The van der Waals surface area contributed by atoms with Crippen LogP contribution >= 0.6 is 0 Å². The van der Waals surface area contributed by atoms with E-state index in [4.69, 9.17) is 16.1 Å². The van der Waals surface area contributed by atoms with Gasteiger partial charge in [0, 0.05) is 17.1 Å². The van der Waals surface area contributed by atoms with Crippen LogP contribution in [-0.2, 0) is 0 Å². The summed E-state index contributed by atoms with van der Waals surface area (Å²) in [6.07, 6.45) is -0.0908. The highest BCUT2D eigenvalue weighted by molar-refractivity contribution is 5.89. The molecule has 0 radical (unpaired) electrons. The summed E-state index contributed by atoms with van der Waals surface area (Å²) >= 11 is 0. The highest BCUT2D eigenvalue weighted by atomic mass is 19.1. The summed E-state index contributed by atoms with van der Waals surface area (Å²) in [5.41, 5.74) is 3.22. The number of hydrogen-bond acceptors (Lipinski definition) is 5. The van der Waals surface area contributed by atoms with E-state index in [0.29, 0.717) is 27.9 Å². The number of alkyl halides is 1. The standard InChI is InChI=1S/C23H17FN6/c1-14-10-20-17(6-3-9-28-20)12-18(14)22(24)23(27)30-21(26)8-7-19(29-30)16-5-2-4-15(11-16)13-25/h2-12,22,26-27H,1H3. The van der Waals surface area contributed by atoms with Gasteiger partial charge in [-0.25, -0.2) is 4.39 Å².